The van der Waals surface area contributed by atoms with E-state index in [4.69, 9.17) is 0 Å². The third kappa shape index (κ3) is 2.83. The molecule has 0 aliphatic carbocycles. The maximum Gasteiger partial charge on any atom is 0.276 e. The molecule has 1 fully saturated rings. The summed E-state index contributed by atoms with van der Waals surface area (Å²) in [7, 11) is 0. The predicted molar refractivity (Wildman–Crippen MR) is 71.8 cm³/mol. The van der Waals surface area contributed by atoms with Gasteiger partial charge in [-0.25, -0.2) is 0 Å². The van der Waals surface area contributed by atoms with Crippen LogP contribution in [0, 0.1) is 0 Å². The number of nitrogens with one attached hydrogen (secondary N) is 1. The topological polar surface area (TPSA) is 78.0 Å². The van der Waals surface area contributed by atoms with Crippen molar-refractivity contribution in [2.75, 3.05) is 26.2 Å². The fourth-order valence-electron chi connectivity index (χ4n) is 2.33. The van der Waals surface area contributed by atoms with Crippen molar-refractivity contribution < 1.29 is 4.79 Å². The van der Waals surface area contributed by atoms with E-state index in [1.54, 1.807) is 6.20 Å². The summed E-state index contributed by atoms with van der Waals surface area (Å²) < 4.78 is 0. The van der Waals surface area contributed by atoms with Gasteiger partial charge < -0.3 is 4.90 Å². The Kier molecular flexibility index (Phi) is 3.69. The molecule has 0 radical (unpaired) electrons. The molecular weight excluding hydrogens is 256 g/mol. The van der Waals surface area contributed by atoms with E-state index in [0.717, 1.165) is 19.6 Å². The van der Waals surface area contributed by atoms with Gasteiger partial charge in [-0.1, -0.05) is 6.07 Å². The number of rotatable bonds is 3. The first-order valence-corrected chi connectivity index (χ1v) is 6.59. The fourth-order valence-corrected chi connectivity index (χ4v) is 2.33. The van der Waals surface area contributed by atoms with Crippen molar-refractivity contribution in [1.29, 1.82) is 0 Å². The van der Waals surface area contributed by atoms with Gasteiger partial charge in [-0.05, 0) is 11.6 Å². The molecular formula is C13H16N6O. The summed E-state index contributed by atoms with van der Waals surface area (Å²) in [5.41, 5.74) is 1.58. The van der Waals surface area contributed by atoms with Gasteiger partial charge in [0.15, 0.2) is 5.69 Å². The van der Waals surface area contributed by atoms with Gasteiger partial charge in [0.25, 0.3) is 5.91 Å². The highest BCUT2D eigenvalue weighted by atomic mass is 16.2. The van der Waals surface area contributed by atoms with E-state index in [2.05, 4.69) is 31.4 Å². The molecule has 0 saturated carbocycles. The number of pyridine rings is 1. The Bertz CT molecular complexity index is 548. The summed E-state index contributed by atoms with van der Waals surface area (Å²) in [6.07, 6.45) is 5.12. The van der Waals surface area contributed by atoms with E-state index in [1.807, 2.05) is 17.2 Å². The van der Waals surface area contributed by atoms with Gasteiger partial charge in [0.05, 0.1) is 6.20 Å². The van der Waals surface area contributed by atoms with Crippen LogP contribution < -0.4 is 0 Å². The summed E-state index contributed by atoms with van der Waals surface area (Å²) in [6.45, 7) is 4.02. The minimum Gasteiger partial charge on any atom is -0.335 e. The van der Waals surface area contributed by atoms with Gasteiger partial charge in [-0.3, -0.25) is 14.7 Å². The molecule has 1 aliphatic rings. The van der Waals surface area contributed by atoms with E-state index in [0.29, 0.717) is 18.8 Å². The van der Waals surface area contributed by atoms with E-state index in [9.17, 15) is 4.79 Å². The minimum atomic E-state index is -0.0558. The zero-order valence-corrected chi connectivity index (χ0v) is 11.1. The van der Waals surface area contributed by atoms with Crippen LogP contribution in [0.2, 0.25) is 0 Å². The molecule has 0 spiro atoms. The third-order valence-electron chi connectivity index (χ3n) is 3.42. The molecule has 3 heterocycles. The van der Waals surface area contributed by atoms with E-state index < -0.39 is 0 Å². The Hall–Kier alpha value is -2.28. The Balaban J connectivity index is 1.53. The molecule has 2 aromatic rings. The standard InChI is InChI=1S/C13H16N6O/c20-13(12-9-15-17-16-12)19-6-4-18(5-7-19)10-11-2-1-3-14-8-11/h1-3,8-9H,4-7,10H2,(H,15,16,17). The normalized spacial score (nSPS) is 16.3. The van der Waals surface area contributed by atoms with Crippen LogP contribution in [0.1, 0.15) is 16.1 Å². The first kappa shape index (κ1) is 12.7. The Morgan fingerprint density at radius 2 is 2.10 bits per heavy atom. The van der Waals surface area contributed by atoms with Crippen molar-refractivity contribution in [3.8, 4) is 0 Å². The third-order valence-corrected chi connectivity index (χ3v) is 3.42. The number of H-pyrrole nitrogens is 1. The van der Waals surface area contributed by atoms with E-state index >= 15 is 0 Å². The number of carbonyl (C=O) groups is 1. The van der Waals surface area contributed by atoms with Crippen LogP contribution in [-0.4, -0.2) is 62.3 Å². The number of hydrogen-bond donors (Lipinski definition) is 1. The number of carbonyl (C=O) groups excluding carboxylic acids is 1. The van der Waals surface area contributed by atoms with Crippen LogP contribution in [0.3, 0.4) is 0 Å². The average Bonchev–Trinajstić information content (AvgIpc) is 3.03. The Labute approximate surface area is 116 Å². The molecule has 1 saturated heterocycles. The van der Waals surface area contributed by atoms with Gasteiger partial charge in [-0.15, -0.1) is 0 Å². The summed E-state index contributed by atoms with van der Waals surface area (Å²) in [5.74, 6) is -0.0558. The Morgan fingerprint density at radius 3 is 2.75 bits per heavy atom. The number of aromatic amines is 1. The summed E-state index contributed by atoms with van der Waals surface area (Å²) in [6, 6.07) is 4.01. The second kappa shape index (κ2) is 5.79. The predicted octanol–water partition coefficient (Wildman–Crippen LogP) is 0.158. The highest BCUT2D eigenvalue weighted by Crippen LogP contribution is 2.09. The van der Waals surface area contributed by atoms with Crippen molar-refractivity contribution in [1.82, 2.24) is 30.2 Å². The van der Waals surface area contributed by atoms with Gasteiger partial charge >= 0.3 is 0 Å². The molecule has 7 heteroatoms. The molecule has 2 aromatic heterocycles. The maximum absolute atomic E-state index is 12.1. The SMILES string of the molecule is O=C(c1cn[nH]n1)N1CCN(Cc2cccnc2)CC1. The molecule has 104 valence electrons. The summed E-state index contributed by atoms with van der Waals surface area (Å²) in [5, 5.41) is 9.96. The lowest BCUT2D eigenvalue weighted by atomic mass is 10.2. The minimum absolute atomic E-state index is 0.0558. The molecule has 1 amide bonds. The number of piperazine rings is 1. The lowest BCUT2D eigenvalue weighted by molar-refractivity contribution is 0.0622. The molecule has 0 bridgehead atoms. The molecule has 0 aromatic carbocycles. The number of hydrogen-bond acceptors (Lipinski definition) is 5. The quantitative estimate of drug-likeness (QED) is 0.861. The lowest BCUT2D eigenvalue weighted by Gasteiger charge is -2.34. The molecule has 0 unspecified atom stereocenters. The zero-order valence-electron chi connectivity index (χ0n) is 11.1. The smallest absolute Gasteiger partial charge is 0.276 e. The van der Waals surface area contributed by atoms with Gasteiger partial charge in [0.1, 0.15) is 0 Å². The van der Waals surface area contributed by atoms with Crippen molar-refractivity contribution in [3.63, 3.8) is 0 Å². The summed E-state index contributed by atoms with van der Waals surface area (Å²) in [4.78, 5) is 20.4. The van der Waals surface area contributed by atoms with Crippen LogP contribution in [0.4, 0.5) is 0 Å². The largest absolute Gasteiger partial charge is 0.335 e. The highest BCUT2D eigenvalue weighted by Gasteiger charge is 2.23. The maximum atomic E-state index is 12.1. The van der Waals surface area contributed by atoms with Crippen molar-refractivity contribution in [2.24, 2.45) is 0 Å². The van der Waals surface area contributed by atoms with Crippen LogP contribution in [0.25, 0.3) is 0 Å². The second-order valence-corrected chi connectivity index (χ2v) is 4.78. The molecule has 0 atom stereocenters. The van der Waals surface area contributed by atoms with Crippen molar-refractivity contribution in [3.05, 3.63) is 42.0 Å². The van der Waals surface area contributed by atoms with Gasteiger partial charge in [0.2, 0.25) is 0 Å². The average molecular weight is 272 g/mol. The van der Waals surface area contributed by atoms with Crippen LogP contribution in [0.15, 0.2) is 30.7 Å². The van der Waals surface area contributed by atoms with Crippen LogP contribution in [0.5, 0.6) is 0 Å². The molecule has 1 aliphatic heterocycles. The zero-order chi connectivity index (χ0) is 13.8. The molecule has 20 heavy (non-hydrogen) atoms. The highest BCUT2D eigenvalue weighted by molar-refractivity contribution is 5.91. The number of aromatic nitrogens is 4. The molecule has 7 nitrogen and oxygen atoms in total. The number of nitrogens with zero attached hydrogens (tertiary/aromatic N) is 5. The first-order chi connectivity index (χ1) is 9.83. The van der Waals surface area contributed by atoms with E-state index in [1.165, 1.54) is 11.8 Å². The second-order valence-electron chi connectivity index (χ2n) is 4.78. The van der Waals surface area contributed by atoms with Crippen LogP contribution in [-0.2, 0) is 6.54 Å². The first-order valence-electron chi connectivity index (χ1n) is 6.59. The van der Waals surface area contributed by atoms with Crippen LogP contribution >= 0.6 is 0 Å². The molecule has 3 rings (SSSR count). The fraction of sp³-hybridized carbons (Fsp3) is 0.385. The van der Waals surface area contributed by atoms with E-state index in [-0.39, 0.29) is 5.91 Å². The van der Waals surface area contributed by atoms with Crippen molar-refractivity contribution >= 4 is 5.91 Å². The van der Waals surface area contributed by atoms with Gasteiger partial charge in [-0.2, -0.15) is 15.4 Å². The lowest BCUT2D eigenvalue weighted by Crippen LogP contribution is -2.48. The molecule has 1 N–H and O–H groups in total. The Morgan fingerprint density at radius 1 is 1.25 bits per heavy atom. The summed E-state index contributed by atoms with van der Waals surface area (Å²) >= 11 is 0. The van der Waals surface area contributed by atoms with Gasteiger partial charge in [0, 0.05) is 45.1 Å². The van der Waals surface area contributed by atoms with Crippen molar-refractivity contribution in [2.45, 2.75) is 6.54 Å². The monoisotopic (exact) mass is 272 g/mol. The number of amides is 1.